The summed E-state index contributed by atoms with van der Waals surface area (Å²) in [6.07, 6.45) is 3.19. The Bertz CT molecular complexity index is 1510. The van der Waals surface area contributed by atoms with E-state index in [-0.39, 0.29) is 11.6 Å². The van der Waals surface area contributed by atoms with E-state index in [1.807, 2.05) is 43.3 Å². The maximum Gasteiger partial charge on any atom is 0.267 e. The first-order chi connectivity index (χ1) is 16.0. The van der Waals surface area contributed by atoms with Gasteiger partial charge in [0.1, 0.15) is 16.9 Å². The standard InChI is InChI=1S/C23H19N7O2S/c1-2-33-13-10-15(22(32)30-23-25-7-8-26-23)18-16(11-13)28-21(29-18)19-14-6-4-3-5-12(14)9-17(27-19)20(24)31/h3-11H,2H2,1H3,(H2,24,31)(H,28,29)(H2,25,26,30,32). The number of nitrogens with zero attached hydrogens (tertiary/aromatic N) is 3. The second kappa shape index (κ2) is 8.40. The molecule has 164 valence electrons. The molecule has 0 aliphatic rings. The predicted molar refractivity (Wildman–Crippen MR) is 128 cm³/mol. The molecule has 2 aromatic carbocycles. The van der Waals surface area contributed by atoms with E-state index in [9.17, 15) is 9.59 Å². The van der Waals surface area contributed by atoms with Crippen LogP contribution in [0.4, 0.5) is 5.95 Å². The van der Waals surface area contributed by atoms with Gasteiger partial charge in [-0.05, 0) is 29.3 Å². The summed E-state index contributed by atoms with van der Waals surface area (Å²) in [5.41, 5.74) is 7.71. The van der Waals surface area contributed by atoms with Crippen LogP contribution in [-0.4, -0.2) is 42.5 Å². The number of nitrogens with one attached hydrogen (secondary N) is 3. The number of carbonyl (C=O) groups is 2. The molecule has 0 aliphatic carbocycles. The molecule has 0 radical (unpaired) electrons. The van der Waals surface area contributed by atoms with Crippen molar-refractivity contribution in [1.82, 2.24) is 24.9 Å². The summed E-state index contributed by atoms with van der Waals surface area (Å²) in [6.45, 7) is 2.04. The van der Waals surface area contributed by atoms with Crippen LogP contribution in [0.3, 0.4) is 0 Å². The molecule has 0 saturated carbocycles. The Labute approximate surface area is 192 Å². The van der Waals surface area contributed by atoms with Crippen molar-refractivity contribution >= 4 is 51.3 Å². The van der Waals surface area contributed by atoms with E-state index in [1.54, 1.807) is 30.2 Å². The maximum absolute atomic E-state index is 13.1. The number of benzene rings is 2. The van der Waals surface area contributed by atoms with Crippen molar-refractivity contribution in [3.05, 3.63) is 66.1 Å². The van der Waals surface area contributed by atoms with E-state index in [1.165, 1.54) is 0 Å². The molecule has 3 heterocycles. The number of nitrogens with two attached hydrogens (primary N) is 1. The lowest BCUT2D eigenvalue weighted by atomic mass is 10.1. The second-order valence-electron chi connectivity index (χ2n) is 7.22. The van der Waals surface area contributed by atoms with Crippen molar-refractivity contribution in [3.8, 4) is 11.5 Å². The zero-order chi connectivity index (χ0) is 22.9. The Balaban J connectivity index is 1.70. The van der Waals surface area contributed by atoms with Crippen LogP contribution in [0, 0.1) is 0 Å². The summed E-state index contributed by atoms with van der Waals surface area (Å²) in [5.74, 6) is 0.668. The number of anilines is 1. The minimum absolute atomic E-state index is 0.141. The number of fused-ring (bicyclic) bond motifs is 2. The Hall–Kier alpha value is -4.18. The van der Waals surface area contributed by atoms with Gasteiger partial charge in [-0.1, -0.05) is 31.2 Å². The Kier molecular flexibility index (Phi) is 5.27. The molecular formula is C23H19N7O2S. The fraction of sp³-hybridized carbons (Fsp3) is 0.0870. The largest absolute Gasteiger partial charge is 0.364 e. The number of amides is 2. The molecule has 33 heavy (non-hydrogen) atoms. The Morgan fingerprint density at radius 3 is 2.76 bits per heavy atom. The van der Waals surface area contributed by atoms with Crippen molar-refractivity contribution in [2.45, 2.75) is 11.8 Å². The van der Waals surface area contributed by atoms with Crippen LogP contribution in [0.15, 0.2) is 59.8 Å². The molecule has 5 N–H and O–H groups in total. The minimum Gasteiger partial charge on any atom is -0.364 e. The highest BCUT2D eigenvalue weighted by Gasteiger charge is 2.20. The maximum atomic E-state index is 13.1. The van der Waals surface area contributed by atoms with Crippen LogP contribution in [0.1, 0.15) is 27.8 Å². The Morgan fingerprint density at radius 2 is 2.00 bits per heavy atom. The third-order valence-electron chi connectivity index (χ3n) is 5.06. The van der Waals surface area contributed by atoms with Crippen molar-refractivity contribution in [3.63, 3.8) is 0 Å². The van der Waals surface area contributed by atoms with Crippen molar-refractivity contribution in [1.29, 1.82) is 0 Å². The number of imidazole rings is 2. The molecule has 0 unspecified atom stereocenters. The van der Waals surface area contributed by atoms with Crippen LogP contribution in [0.5, 0.6) is 0 Å². The van der Waals surface area contributed by atoms with Gasteiger partial charge in [0.25, 0.3) is 11.8 Å². The minimum atomic E-state index is -0.627. The number of thioether (sulfide) groups is 1. The van der Waals surface area contributed by atoms with Gasteiger partial charge in [-0.3, -0.25) is 14.9 Å². The zero-order valence-corrected chi connectivity index (χ0v) is 18.4. The van der Waals surface area contributed by atoms with Gasteiger partial charge in [0.05, 0.1) is 11.1 Å². The van der Waals surface area contributed by atoms with E-state index in [2.05, 4.69) is 25.3 Å². The lowest BCUT2D eigenvalue weighted by molar-refractivity contribution is 0.0993. The van der Waals surface area contributed by atoms with Crippen LogP contribution < -0.4 is 11.1 Å². The van der Waals surface area contributed by atoms with Gasteiger partial charge >= 0.3 is 0 Å². The zero-order valence-electron chi connectivity index (χ0n) is 17.5. The molecule has 0 saturated heterocycles. The van der Waals surface area contributed by atoms with E-state index in [0.29, 0.717) is 34.1 Å². The normalized spacial score (nSPS) is 11.2. The summed E-state index contributed by atoms with van der Waals surface area (Å²) in [7, 11) is 0. The summed E-state index contributed by atoms with van der Waals surface area (Å²) in [5, 5.41) is 4.38. The fourth-order valence-electron chi connectivity index (χ4n) is 3.64. The van der Waals surface area contributed by atoms with Crippen molar-refractivity contribution in [2.75, 3.05) is 11.1 Å². The first-order valence-electron chi connectivity index (χ1n) is 10.2. The molecule has 3 aromatic heterocycles. The summed E-state index contributed by atoms with van der Waals surface area (Å²) >= 11 is 1.62. The fourth-order valence-corrected chi connectivity index (χ4v) is 4.38. The molecular weight excluding hydrogens is 438 g/mol. The molecule has 5 aromatic rings. The molecule has 0 aliphatic heterocycles. The predicted octanol–water partition coefficient (Wildman–Crippen LogP) is 3.96. The van der Waals surface area contributed by atoms with Crippen LogP contribution in [-0.2, 0) is 0 Å². The molecule has 10 heteroatoms. The highest BCUT2D eigenvalue weighted by molar-refractivity contribution is 7.99. The number of aromatic amines is 2. The van der Waals surface area contributed by atoms with Crippen molar-refractivity contribution in [2.24, 2.45) is 5.73 Å². The summed E-state index contributed by atoms with van der Waals surface area (Å²) < 4.78 is 0. The first kappa shape index (κ1) is 20.7. The number of primary amides is 1. The van der Waals surface area contributed by atoms with Gasteiger partial charge in [0.2, 0.25) is 5.95 Å². The average Bonchev–Trinajstić information content (AvgIpc) is 3.47. The number of hydrogen-bond donors (Lipinski definition) is 4. The van der Waals surface area contributed by atoms with E-state index in [4.69, 9.17) is 10.7 Å². The molecule has 9 nitrogen and oxygen atoms in total. The van der Waals surface area contributed by atoms with Gasteiger partial charge in [-0.15, -0.1) is 11.8 Å². The van der Waals surface area contributed by atoms with E-state index < -0.39 is 5.91 Å². The number of pyridine rings is 1. The van der Waals surface area contributed by atoms with Gasteiger partial charge in [-0.2, -0.15) is 0 Å². The molecule has 0 fully saturated rings. The number of aromatic nitrogens is 5. The quantitative estimate of drug-likeness (QED) is 0.284. The van der Waals surface area contributed by atoms with E-state index in [0.717, 1.165) is 21.4 Å². The lowest BCUT2D eigenvalue weighted by Gasteiger charge is -2.06. The van der Waals surface area contributed by atoms with Gasteiger partial charge in [0, 0.05) is 22.7 Å². The van der Waals surface area contributed by atoms with Gasteiger partial charge in [0.15, 0.2) is 5.82 Å². The molecule has 5 rings (SSSR count). The Morgan fingerprint density at radius 1 is 1.15 bits per heavy atom. The van der Waals surface area contributed by atoms with Crippen molar-refractivity contribution < 1.29 is 9.59 Å². The third-order valence-corrected chi connectivity index (χ3v) is 5.92. The highest BCUT2D eigenvalue weighted by Crippen LogP contribution is 2.31. The van der Waals surface area contributed by atoms with E-state index >= 15 is 0 Å². The van der Waals surface area contributed by atoms with Crippen LogP contribution >= 0.6 is 11.8 Å². The number of carbonyl (C=O) groups excluding carboxylic acids is 2. The average molecular weight is 458 g/mol. The van der Waals surface area contributed by atoms with Crippen LogP contribution in [0.25, 0.3) is 33.3 Å². The molecule has 0 atom stereocenters. The summed E-state index contributed by atoms with van der Waals surface area (Å²) in [4.78, 5) is 45.3. The third kappa shape index (κ3) is 3.92. The number of hydrogen-bond acceptors (Lipinski definition) is 6. The molecule has 0 bridgehead atoms. The lowest BCUT2D eigenvalue weighted by Crippen LogP contribution is -2.14. The monoisotopic (exact) mass is 457 g/mol. The number of rotatable bonds is 6. The van der Waals surface area contributed by atoms with Crippen LogP contribution in [0.2, 0.25) is 0 Å². The van der Waals surface area contributed by atoms with Gasteiger partial charge in [-0.25, -0.2) is 15.0 Å². The van der Waals surface area contributed by atoms with Gasteiger partial charge < -0.3 is 15.7 Å². The first-order valence-corrected chi connectivity index (χ1v) is 11.2. The topological polar surface area (TPSA) is 142 Å². The molecule has 0 spiro atoms. The smallest absolute Gasteiger partial charge is 0.267 e. The number of H-pyrrole nitrogens is 2. The molecule has 2 amide bonds. The highest BCUT2D eigenvalue weighted by atomic mass is 32.2. The summed E-state index contributed by atoms with van der Waals surface area (Å²) in [6, 6.07) is 13.0. The SMILES string of the molecule is CCSc1cc(C(=O)Nc2ncc[nH]2)c2nc(-c3nc(C(N)=O)cc4ccccc34)[nH]c2c1. The second-order valence-corrected chi connectivity index (χ2v) is 8.56.